The molecular formula is C18H15F2N7O3. The van der Waals surface area contributed by atoms with Crippen molar-refractivity contribution in [1.82, 2.24) is 34.9 Å². The molecule has 0 saturated heterocycles. The van der Waals surface area contributed by atoms with Crippen LogP contribution in [0, 0.1) is 6.92 Å². The van der Waals surface area contributed by atoms with E-state index in [0.29, 0.717) is 5.69 Å². The minimum Gasteiger partial charge on any atom is -0.460 e. The normalized spacial score (nSPS) is 12.4. The number of nitrogens with zero attached hydrogens (tertiary/aromatic N) is 5. The highest BCUT2D eigenvalue weighted by Crippen LogP contribution is 2.31. The van der Waals surface area contributed by atoms with Crippen molar-refractivity contribution in [2.45, 2.75) is 19.5 Å². The molecule has 0 bridgehead atoms. The minimum absolute atomic E-state index is 0.0459. The average molecular weight is 415 g/mol. The fourth-order valence-electron chi connectivity index (χ4n) is 2.92. The molecule has 0 saturated carbocycles. The van der Waals surface area contributed by atoms with E-state index in [-0.39, 0.29) is 33.9 Å². The first-order valence-corrected chi connectivity index (χ1v) is 8.74. The molecule has 0 fully saturated rings. The number of aromatic nitrogens is 7. The van der Waals surface area contributed by atoms with Crippen LogP contribution in [0.3, 0.4) is 0 Å². The van der Waals surface area contributed by atoms with Crippen molar-refractivity contribution in [3.63, 3.8) is 0 Å². The molecule has 154 valence electrons. The van der Waals surface area contributed by atoms with Gasteiger partial charge in [-0.1, -0.05) is 6.07 Å². The van der Waals surface area contributed by atoms with Crippen molar-refractivity contribution < 1.29 is 13.5 Å². The third kappa shape index (κ3) is 3.54. The summed E-state index contributed by atoms with van der Waals surface area (Å²) in [5, 5.41) is 12.3. The number of fused-ring (bicyclic) bond motifs is 1. The summed E-state index contributed by atoms with van der Waals surface area (Å²) in [5.41, 5.74) is -0.299. The highest BCUT2D eigenvalue weighted by molar-refractivity contribution is 5.84. The molecule has 0 aromatic carbocycles. The molecule has 12 heteroatoms. The summed E-state index contributed by atoms with van der Waals surface area (Å²) in [7, 11) is 1.55. The molecule has 0 aliphatic carbocycles. The van der Waals surface area contributed by atoms with Gasteiger partial charge in [0.2, 0.25) is 12.0 Å². The third-order valence-corrected chi connectivity index (χ3v) is 4.32. The molecular weight excluding hydrogens is 400 g/mol. The summed E-state index contributed by atoms with van der Waals surface area (Å²) in [6.07, 6.45) is -3.34. The molecule has 10 nitrogen and oxygen atoms in total. The van der Waals surface area contributed by atoms with E-state index in [1.54, 1.807) is 26.1 Å². The predicted molar refractivity (Wildman–Crippen MR) is 101 cm³/mol. The topological polar surface area (TPSA) is 131 Å². The first kappa shape index (κ1) is 19.4. The van der Waals surface area contributed by atoms with Crippen LogP contribution in [0.15, 0.2) is 40.1 Å². The molecule has 0 aliphatic heterocycles. The summed E-state index contributed by atoms with van der Waals surface area (Å²) in [4.78, 5) is 31.8. The number of aromatic amines is 2. The molecule has 0 amide bonds. The molecule has 4 rings (SSSR count). The number of aryl methyl sites for hydroxylation is 2. The summed E-state index contributed by atoms with van der Waals surface area (Å²) < 4.78 is 34.3. The number of halogens is 2. The Bertz CT molecular complexity index is 1350. The molecule has 0 aliphatic rings. The van der Waals surface area contributed by atoms with Crippen molar-refractivity contribution in [2.75, 3.05) is 0 Å². The second-order valence-corrected chi connectivity index (χ2v) is 6.46. The second-order valence-electron chi connectivity index (χ2n) is 6.46. The molecule has 30 heavy (non-hydrogen) atoms. The van der Waals surface area contributed by atoms with Gasteiger partial charge in [0, 0.05) is 18.9 Å². The maximum Gasteiger partial charge on any atom is 0.325 e. The number of hydrogen-bond acceptors (Lipinski definition) is 7. The monoisotopic (exact) mass is 415 g/mol. The van der Waals surface area contributed by atoms with Crippen LogP contribution >= 0.6 is 0 Å². The van der Waals surface area contributed by atoms with Crippen LogP contribution in [0.2, 0.25) is 0 Å². The zero-order valence-electron chi connectivity index (χ0n) is 15.8. The van der Waals surface area contributed by atoms with Crippen molar-refractivity contribution in [2.24, 2.45) is 7.05 Å². The van der Waals surface area contributed by atoms with Crippen LogP contribution in [0.1, 0.15) is 17.5 Å². The number of alkyl halides is 2. The fourth-order valence-corrected chi connectivity index (χ4v) is 2.92. The van der Waals surface area contributed by atoms with E-state index in [2.05, 4.69) is 30.2 Å². The first-order valence-electron chi connectivity index (χ1n) is 8.74. The zero-order chi connectivity index (χ0) is 21.4. The SMILES string of the molecule is Cc1cccc([C@H](Oc2nn(C)c3nnc(-c4c[nH]c(=O)[nH]c4=O)cc23)C(F)F)n1. The average Bonchev–Trinajstić information content (AvgIpc) is 3.01. The summed E-state index contributed by atoms with van der Waals surface area (Å²) >= 11 is 0. The second kappa shape index (κ2) is 7.46. The lowest BCUT2D eigenvalue weighted by atomic mass is 10.2. The molecule has 4 aromatic heterocycles. The Labute approximate surface area is 166 Å². The maximum absolute atomic E-state index is 13.7. The van der Waals surface area contributed by atoms with Gasteiger partial charge in [0.05, 0.1) is 16.6 Å². The highest BCUT2D eigenvalue weighted by atomic mass is 19.3. The molecule has 4 aromatic rings. The van der Waals surface area contributed by atoms with E-state index in [9.17, 15) is 18.4 Å². The molecule has 4 heterocycles. The highest BCUT2D eigenvalue weighted by Gasteiger charge is 2.28. The van der Waals surface area contributed by atoms with Gasteiger partial charge in [-0.3, -0.25) is 14.8 Å². The van der Waals surface area contributed by atoms with Crippen molar-refractivity contribution in [3.05, 3.63) is 62.7 Å². The van der Waals surface area contributed by atoms with Gasteiger partial charge < -0.3 is 9.72 Å². The van der Waals surface area contributed by atoms with Crippen LogP contribution in [0.25, 0.3) is 22.3 Å². The van der Waals surface area contributed by atoms with Gasteiger partial charge in [-0.25, -0.2) is 18.3 Å². The van der Waals surface area contributed by atoms with E-state index < -0.39 is 23.8 Å². The lowest BCUT2D eigenvalue weighted by molar-refractivity contribution is 0.00605. The Kier molecular flexibility index (Phi) is 4.82. The van der Waals surface area contributed by atoms with E-state index in [4.69, 9.17) is 4.74 Å². The van der Waals surface area contributed by atoms with E-state index >= 15 is 0 Å². The van der Waals surface area contributed by atoms with Crippen LogP contribution in [-0.2, 0) is 7.05 Å². The Morgan fingerprint density at radius 2 is 2.00 bits per heavy atom. The summed E-state index contributed by atoms with van der Waals surface area (Å²) in [6.45, 7) is 1.69. The van der Waals surface area contributed by atoms with Gasteiger partial charge in [0.25, 0.3) is 12.0 Å². The Morgan fingerprint density at radius 3 is 2.70 bits per heavy atom. The quantitative estimate of drug-likeness (QED) is 0.505. The molecule has 0 spiro atoms. The number of rotatable bonds is 5. The van der Waals surface area contributed by atoms with Crippen molar-refractivity contribution in [3.8, 4) is 17.1 Å². The van der Waals surface area contributed by atoms with Gasteiger partial charge in [-0.05, 0) is 25.1 Å². The van der Waals surface area contributed by atoms with Gasteiger partial charge in [-0.15, -0.1) is 15.3 Å². The molecule has 0 unspecified atom stereocenters. The number of ether oxygens (including phenoxy) is 1. The lowest BCUT2D eigenvalue weighted by Gasteiger charge is -2.16. The van der Waals surface area contributed by atoms with Crippen LogP contribution in [0.4, 0.5) is 8.78 Å². The lowest BCUT2D eigenvalue weighted by Crippen LogP contribution is -2.22. The number of hydrogen-bond donors (Lipinski definition) is 2. The van der Waals surface area contributed by atoms with Gasteiger partial charge in [0.1, 0.15) is 5.69 Å². The minimum atomic E-state index is -2.87. The summed E-state index contributed by atoms with van der Waals surface area (Å²) in [5.74, 6) is -0.113. The number of H-pyrrole nitrogens is 2. The van der Waals surface area contributed by atoms with Crippen LogP contribution in [0.5, 0.6) is 5.88 Å². The van der Waals surface area contributed by atoms with Crippen LogP contribution < -0.4 is 16.0 Å². The number of pyridine rings is 1. The van der Waals surface area contributed by atoms with E-state index in [0.717, 1.165) is 0 Å². The van der Waals surface area contributed by atoms with E-state index in [1.807, 2.05) is 0 Å². The van der Waals surface area contributed by atoms with Crippen molar-refractivity contribution >= 4 is 11.0 Å². The number of nitrogens with one attached hydrogen (secondary N) is 2. The van der Waals surface area contributed by atoms with E-state index in [1.165, 1.54) is 23.0 Å². The van der Waals surface area contributed by atoms with Gasteiger partial charge >= 0.3 is 5.69 Å². The standard InChI is InChI=1S/C18H15F2N7O3/c1-8-4-3-5-11(22-8)13(14(19)20)30-17-9-6-12(24-25-15(9)27(2)26-17)10-7-21-18(29)23-16(10)28/h3-7,13-14H,1-2H3,(H2,21,23,28,29)/t13-/m0/s1. The summed E-state index contributed by atoms with van der Waals surface area (Å²) in [6, 6.07) is 6.17. The Hall–Kier alpha value is -3.96. The smallest absolute Gasteiger partial charge is 0.325 e. The Balaban J connectivity index is 1.80. The van der Waals surface area contributed by atoms with Crippen molar-refractivity contribution in [1.29, 1.82) is 0 Å². The first-order chi connectivity index (χ1) is 14.3. The zero-order valence-corrected chi connectivity index (χ0v) is 15.8. The fraction of sp³-hybridized carbons (Fsp3) is 0.222. The molecule has 2 N–H and O–H groups in total. The predicted octanol–water partition coefficient (Wildman–Crippen LogP) is 1.50. The Morgan fingerprint density at radius 1 is 1.20 bits per heavy atom. The van der Waals surface area contributed by atoms with Crippen LogP contribution in [-0.4, -0.2) is 41.4 Å². The maximum atomic E-state index is 13.7. The molecule has 0 radical (unpaired) electrons. The van der Waals surface area contributed by atoms with Gasteiger partial charge in [0.15, 0.2) is 5.65 Å². The largest absolute Gasteiger partial charge is 0.460 e. The van der Waals surface area contributed by atoms with Gasteiger partial charge in [-0.2, -0.15) is 0 Å². The third-order valence-electron chi connectivity index (χ3n) is 4.32. The molecule has 1 atom stereocenters.